The number of aliphatic hydroxyl groups is 1. The van der Waals surface area contributed by atoms with Gasteiger partial charge in [0.15, 0.2) is 0 Å². The molecule has 0 aromatic carbocycles. The van der Waals surface area contributed by atoms with Crippen LogP contribution < -0.4 is 5.32 Å². The second kappa shape index (κ2) is 5.99. The predicted octanol–water partition coefficient (Wildman–Crippen LogP) is 1.36. The van der Waals surface area contributed by atoms with Gasteiger partial charge in [0, 0.05) is 12.1 Å². The summed E-state index contributed by atoms with van der Waals surface area (Å²) in [5, 5.41) is 13.3. The highest BCUT2D eigenvalue weighted by atomic mass is 16.3. The van der Waals surface area contributed by atoms with Crippen molar-refractivity contribution in [3.8, 4) is 0 Å². The maximum Gasteiger partial charge on any atom is 0.0541 e. The van der Waals surface area contributed by atoms with E-state index < -0.39 is 0 Å². The fourth-order valence-corrected chi connectivity index (χ4v) is 2.99. The van der Waals surface area contributed by atoms with Crippen LogP contribution in [0.2, 0.25) is 0 Å². The first-order valence-electron chi connectivity index (χ1n) is 6.94. The molecule has 2 fully saturated rings. The van der Waals surface area contributed by atoms with Crippen molar-refractivity contribution < 1.29 is 5.11 Å². The summed E-state index contributed by atoms with van der Waals surface area (Å²) in [6, 6.07) is 1.39. The highest BCUT2D eigenvalue weighted by molar-refractivity contribution is 4.83. The van der Waals surface area contributed by atoms with Crippen LogP contribution in [0.15, 0.2) is 0 Å². The number of hydrogen-bond donors (Lipinski definition) is 2. The van der Waals surface area contributed by atoms with Crippen LogP contribution in [0.3, 0.4) is 0 Å². The molecule has 0 atom stereocenters. The van der Waals surface area contributed by atoms with Crippen LogP contribution in [0, 0.1) is 0 Å². The van der Waals surface area contributed by atoms with Gasteiger partial charge >= 0.3 is 0 Å². The van der Waals surface area contributed by atoms with Crippen molar-refractivity contribution in [3.05, 3.63) is 0 Å². The molecule has 3 heteroatoms. The van der Waals surface area contributed by atoms with E-state index in [1.165, 1.54) is 32.5 Å². The fourth-order valence-electron chi connectivity index (χ4n) is 2.99. The molecular formula is C13H26N2O. The van der Waals surface area contributed by atoms with Crippen molar-refractivity contribution in [1.82, 2.24) is 10.2 Å². The van der Waals surface area contributed by atoms with Crippen LogP contribution in [-0.2, 0) is 0 Å². The van der Waals surface area contributed by atoms with Crippen LogP contribution >= 0.6 is 0 Å². The second-order valence-corrected chi connectivity index (χ2v) is 5.38. The maximum absolute atomic E-state index is 9.46. The van der Waals surface area contributed by atoms with Gasteiger partial charge in [-0.05, 0) is 58.2 Å². The quantitative estimate of drug-likeness (QED) is 0.763. The zero-order chi connectivity index (χ0) is 11.4. The van der Waals surface area contributed by atoms with Crippen LogP contribution in [-0.4, -0.2) is 47.8 Å². The first-order valence-corrected chi connectivity index (χ1v) is 6.94. The van der Waals surface area contributed by atoms with Crippen LogP contribution in [0.4, 0.5) is 0 Å². The van der Waals surface area contributed by atoms with Gasteiger partial charge in [0.25, 0.3) is 0 Å². The molecule has 94 valence electrons. The van der Waals surface area contributed by atoms with E-state index in [2.05, 4.69) is 17.1 Å². The molecule has 1 aliphatic heterocycles. The second-order valence-electron chi connectivity index (χ2n) is 5.38. The number of nitrogens with zero attached hydrogens (tertiary/aromatic N) is 1. The fraction of sp³-hybridized carbons (Fsp3) is 1.00. The van der Waals surface area contributed by atoms with E-state index in [4.69, 9.17) is 0 Å². The third kappa shape index (κ3) is 3.44. The third-order valence-corrected chi connectivity index (χ3v) is 4.20. The lowest BCUT2D eigenvalue weighted by Gasteiger charge is -2.35. The molecule has 0 bridgehead atoms. The standard InChI is InChI=1S/C13H26N2O/c1-2-15-9-7-12(8-10-15)14-11-3-5-13(16)6-4-11/h11-14,16H,2-10H2,1H3. The zero-order valence-electron chi connectivity index (χ0n) is 10.5. The van der Waals surface area contributed by atoms with Crippen LogP contribution in [0.5, 0.6) is 0 Å². The smallest absolute Gasteiger partial charge is 0.0541 e. The molecule has 0 spiro atoms. The summed E-state index contributed by atoms with van der Waals surface area (Å²) >= 11 is 0. The zero-order valence-corrected chi connectivity index (χ0v) is 10.5. The molecule has 2 aliphatic rings. The molecule has 1 saturated carbocycles. The van der Waals surface area contributed by atoms with Gasteiger partial charge in [-0.25, -0.2) is 0 Å². The van der Waals surface area contributed by atoms with Crippen molar-refractivity contribution in [2.45, 2.75) is 63.6 Å². The molecule has 16 heavy (non-hydrogen) atoms. The van der Waals surface area contributed by atoms with Gasteiger partial charge in [-0.1, -0.05) is 6.92 Å². The number of rotatable bonds is 3. The van der Waals surface area contributed by atoms with Crippen molar-refractivity contribution in [3.63, 3.8) is 0 Å². The summed E-state index contributed by atoms with van der Waals surface area (Å²) < 4.78 is 0. The lowest BCUT2D eigenvalue weighted by atomic mass is 9.91. The Morgan fingerprint density at radius 3 is 2.12 bits per heavy atom. The van der Waals surface area contributed by atoms with Gasteiger partial charge in [0.1, 0.15) is 0 Å². The molecule has 0 aromatic rings. The highest BCUT2D eigenvalue weighted by Gasteiger charge is 2.24. The molecule has 0 radical (unpaired) electrons. The average Bonchev–Trinajstić information content (AvgIpc) is 2.33. The summed E-state index contributed by atoms with van der Waals surface area (Å²) in [5.74, 6) is 0. The topological polar surface area (TPSA) is 35.5 Å². The van der Waals surface area contributed by atoms with Crippen molar-refractivity contribution in [2.24, 2.45) is 0 Å². The minimum Gasteiger partial charge on any atom is -0.393 e. The van der Waals surface area contributed by atoms with Gasteiger partial charge in [0.05, 0.1) is 6.10 Å². The minimum absolute atomic E-state index is 0.0278. The van der Waals surface area contributed by atoms with Crippen molar-refractivity contribution in [2.75, 3.05) is 19.6 Å². The number of aliphatic hydroxyl groups excluding tert-OH is 1. The molecule has 0 aromatic heterocycles. The van der Waals surface area contributed by atoms with Crippen molar-refractivity contribution in [1.29, 1.82) is 0 Å². The van der Waals surface area contributed by atoms with Crippen LogP contribution in [0.25, 0.3) is 0 Å². The first kappa shape index (κ1) is 12.3. The van der Waals surface area contributed by atoms with Crippen LogP contribution in [0.1, 0.15) is 45.4 Å². The first-order chi connectivity index (χ1) is 7.78. The lowest BCUT2D eigenvalue weighted by Crippen LogP contribution is -2.47. The summed E-state index contributed by atoms with van der Waals surface area (Å²) in [6.07, 6.45) is 6.88. The predicted molar refractivity (Wildman–Crippen MR) is 66.5 cm³/mol. The monoisotopic (exact) mass is 226 g/mol. The Morgan fingerprint density at radius 2 is 1.56 bits per heavy atom. The third-order valence-electron chi connectivity index (χ3n) is 4.20. The Labute approximate surface area is 99.2 Å². The minimum atomic E-state index is -0.0278. The van der Waals surface area contributed by atoms with E-state index in [1.807, 2.05) is 0 Å². The van der Waals surface area contributed by atoms with E-state index in [9.17, 15) is 5.11 Å². The Kier molecular flexibility index (Phi) is 4.62. The highest BCUT2D eigenvalue weighted by Crippen LogP contribution is 2.20. The number of piperidine rings is 1. The van der Waals surface area contributed by atoms with E-state index >= 15 is 0 Å². The Morgan fingerprint density at radius 1 is 1.00 bits per heavy atom. The Hall–Kier alpha value is -0.120. The van der Waals surface area contributed by atoms with Gasteiger partial charge in [-0.3, -0.25) is 0 Å². The van der Waals surface area contributed by atoms with Gasteiger partial charge in [-0.15, -0.1) is 0 Å². The summed E-state index contributed by atoms with van der Waals surface area (Å²) in [7, 11) is 0. The van der Waals surface area contributed by atoms with Crippen molar-refractivity contribution >= 4 is 0 Å². The molecule has 2 N–H and O–H groups in total. The van der Waals surface area contributed by atoms with E-state index in [0.29, 0.717) is 6.04 Å². The van der Waals surface area contributed by atoms with Gasteiger partial charge < -0.3 is 15.3 Å². The molecule has 1 aliphatic carbocycles. The SMILES string of the molecule is CCN1CCC(NC2CCC(O)CC2)CC1. The molecule has 1 saturated heterocycles. The largest absolute Gasteiger partial charge is 0.393 e. The molecular weight excluding hydrogens is 200 g/mol. The molecule has 1 heterocycles. The van der Waals surface area contributed by atoms with E-state index in [-0.39, 0.29) is 6.10 Å². The summed E-state index contributed by atoms with van der Waals surface area (Å²) in [6.45, 7) is 5.95. The number of likely N-dealkylation sites (tertiary alicyclic amines) is 1. The van der Waals surface area contributed by atoms with Gasteiger partial charge in [0.2, 0.25) is 0 Å². The van der Waals surface area contributed by atoms with E-state index in [0.717, 1.165) is 31.7 Å². The Bertz CT molecular complexity index is 194. The average molecular weight is 226 g/mol. The maximum atomic E-state index is 9.46. The molecule has 0 amide bonds. The summed E-state index contributed by atoms with van der Waals surface area (Å²) in [5.41, 5.74) is 0. The number of nitrogens with one attached hydrogen (secondary N) is 1. The normalized spacial score (nSPS) is 34.1. The molecule has 0 unspecified atom stereocenters. The summed E-state index contributed by atoms with van der Waals surface area (Å²) in [4.78, 5) is 2.53. The van der Waals surface area contributed by atoms with Gasteiger partial charge in [-0.2, -0.15) is 0 Å². The number of hydrogen-bond acceptors (Lipinski definition) is 3. The Balaban J connectivity index is 1.66. The lowest BCUT2D eigenvalue weighted by molar-refractivity contribution is 0.109. The molecule has 3 nitrogen and oxygen atoms in total. The molecule has 2 rings (SSSR count). The van der Waals surface area contributed by atoms with E-state index in [1.54, 1.807) is 0 Å².